The maximum Gasteiger partial charge on any atom is 0.358 e. The molecule has 2 rings (SSSR count). The topological polar surface area (TPSA) is 64.4 Å². The lowest BCUT2D eigenvalue weighted by Gasteiger charge is -2.16. The molecule has 0 atom stereocenters. The fraction of sp³-hybridized carbons (Fsp3) is 0.583. The first-order chi connectivity index (χ1) is 8.67. The number of hydrogen-bond acceptors (Lipinski definition) is 4. The number of fused-ring (bicyclic) bond motifs is 1. The predicted octanol–water partition coefficient (Wildman–Crippen LogP) is 0.926. The zero-order valence-corrected chi connectivity index (χ0v) is 10.7. The Kier molecular flexibility index (Phi) is 3.64. The van der Waals surface area contributed by atoms with E-state index in [1.165, 1.54) is 6.07 Å². The van der Waals surface area contributed by atoms with Gasteiger partial charge in [0.25, 0.3) is 5.91 Å². The number of carbonyl (C=O) groups is 2. The molecule has 1 aliphatic rings. The van der Waals surface area contributed by atoms with Gasteiger partial charge in [0.1, 0.15) is 5.69 Å². The van der Waals surface area contributed by atoms with Crippen molar-refractivity contribution in [2.24, 2.45) is 0 Å². The maximum absolute atomic E-state index is 12.2. The highest BCUT2D eigenvalue weighted by Crippen LogP contribution is 2.14. The number of carbonyl (C=O) groups excluding carboxylic acids is 2. The third-order valence-corrected chi connectivity index (χ3v) is 2.95. The summed E-state index contributed by atoms with van der Waals surface area (Å²) >= 11 is 0. The molecule has 1 amide bonds. The van der Waals surface area contributed by atoms with Crippen LogP contribution in [0.2, 0.25) is 0 Å². The van der Waals surface area contributed by atoms with Crippen molar-refractivity contribution in [2.75, 3.05) is 19.7 Å². The SMILES string of the molecule is CCOC(=O)c1cc2n(n1)CCCN(CC)C2=O. The molecule has 1 aliphatic heterocycles. The van der Waals surface area contributed by atoms with Crippen LogP contribution in [0.3, 0.4) is 0 Å². The molecule has 0 bridgehead atoms. The largest absolute Gasteiger partial charge is 0.461 e. The Labute approximate surface area is 106 Å². The van der Waals surface area contributed by atoms with E-state index in [1.54, 1.807) is 16.5 Å². The molecule has 0 unspecified atom stereocenters. The normalized spacial score (nSPS) is 15.2. The molecule has 0 saturated carbocycles. The Bertz CT molecular complexity index is 467. The number of ether oxygens (including phenoxy) is 1. The summed E-state index contributed by atoms with van der Waals surface area (Å²) in [6, 6.07) is 1.52. The molecule has 6 nitrogen and oxygen atoms in total. The molecular formula is C12H17N3O3. The highest BCUT2D eigenvalue weighted by molar-refractivity contribution is 5.96. The van der Waals surface area contributed by atoms with Gasteiger partial charge in [-0.1, -0.05) is 0 Å². The molecule has 0 fully saturated rings. The first-order valence-electron chi connectivity index (χ1n) is 6.21. The molecule has 0 N–H and O–H groups in total. The molecule has 0 radical (unpaired) electrons. The highest BCUT2D eigenvalue weighted by Gasteiger charge is 2.25. The van der Waals surface area contributed by atoms with Crippen molar-refractivity contribution in [2.45, 2.75) is 26.8 Å². The van der Waals surface area contributed by atoms with E-state index >= 15 is 0 Å². The van der Waals surface area contributed by atoms with Gasteiger partial charge in [0.05, 0.1) is 6.61 Å². The third-order valence-electron chi connectivity index (χ3n) is 2.95. The van der Waals surface area contributed by atoms with Crippen molar-refractivity contribution in [3.05, 3.63) is 17.5 Å². The van der Waals surface area contributed by atoms with Crippen LogP contribution in [0.5, 0.6) is 0 Å². The van der Waals surface area contributed by atoms with E-state index in [-0.39, 0.29) is 11.6 Å². The van der Waals surface area contributed by atoms with E-state index in [1.807, 2.05) is 6.92 Å². The molecule has 2 heterocycles. The Morgan fingerprint density at radius 2 is 2.22 bits per heavy atom. The van der Waals surface area contributed by atoms with Gasteiger partial charge in [-0.3, -0.25) is 9.48 Å². The van der Waals surface area contributed by atoms with Crippen LogP contribution in [-0.2, 0) is 11.3 Å². The molecule has 0 saturated heterocycles. The first-order valence-corrected chi connectivity index (χ1v) is 6.21. The molecule has 98 valence electrons. The second-order valence-electron chi connectivity index (χ2n) is 4.10. The fourth-order valence-corrected chi connectivity index (χ4v) is 2.04. The summed E-state index contributed by atoms with van der Waals surface area (Å²) in [5, 5.41) is 4.14. The zero-order chi connectivity index (χ0) is 13.1. The van der Waals surface area contributed by atoms with Crippen LogP contribution >= 0.6 is 0 Å². The minimum atomic E-state index is -0.478. The third kappa shape index (κ3) is 2.23. The lowest BCUT2D eigenvalue weighted by molar-refractivity contribution is 0.0518. The van der Waals surface area contributed by atoms with Gasteiger partial charge in [-0.2, -0.15) is 5.10 Å². The number of amides is 1. The highest BCUT2D eigenvalue weighted by atomic mass is 16.5. The number of aryl methyl sites for hydroxylation is 1. The number of esters is 1. The van der Waals surface area contributed by atoms with E-state index in [0.717, 1.165) is 13.0 Å². The summed E-state index contributed by atoms with van der Waals surface area (Å²) in [4.78, 5) is 25.5. The number of aromatic nitrogens is 2. The molecular weight excluding hydrogens is 234 g/mol. The Morgan fingerprint density at radius 3 is 2.89 bits per heavy atom. The Morgan fingerprint density at radius 1 is 1.44 bits per heavy atom. The van der Waals surface area contributed by atoms with Crippen molar-refractivity contribution >= 4 is 11.9 Å². The molecule has 6 heteroatoms. The van der Waals surface area contributed by atoms with Crippen molar-refractivity contribution < 1.29 is 14.3 Å². The number of rotatable bonds is 3. The fourth-order valence-electron chi connectivity index (χ4n) is 2.04. The standard InChI is InChI=1S/C12H17N3O3/c1-3-14-6-5-7-15-10(11(14)16)8-9(13-15)12(17)18-4-2/h8H,3-7H2,1-2H3. The van der Waals surface area contributed by atoms with Crippen LogP contribution in [0.25, 0.3) is 0 Å². The first kappa shape index (κ1) is 12.6. The van der Waals surface area contributed by atoms with Crippen LogP contribution in [0.1, 0.15) is 41.2 Å². The number of hydrogen-bond donors (Lipinski definition) is 0. The second-order valence-corrected chi connectivity index (χ2v) is 4.10. The van der Waals surface area contributed by atoms with Crippen LogP contribution in [0.15, 0.2) is 6.07 Å². The van der Waals surface area contributed by atoms with Gasteiger partial charge in [0.2, 0.25) is 0 Å². The molecule has 0 aliphatic carbocycles. The average Bonchev–Trinajstić information content (AvgIpc) is 2.72. The van der Waals surface area contributed by atoms with E-state index in [2.05, 4.69) is 5.10 Å². The molecule has 18 heavy (non-hydrogen) atoms. The smallest absolute Gasteiger partial charge is 0.358 e. The van der Waals surface area contributed by atoms with E-state index < -0.39 is 5.97 Å². The lowest BCUT2D eigenvalue weighted by atomic mass is 10.3. The monoisotopic (exact) mass is 251 g/mol. The van der Waals surface area contributed by atoms with Gasteiger partial charge in [-0.15, -0.1) is 0 Å². The summed E-state index contributed by atoms with van der Waals surface area (Å²) in [6.45, 7) is 6.03. The zero-order valence-electron chi connectivity index (χ0n) is 10.7. The summed E-state index contributed by atoms with van der Waals surface area (Å²) in [5.74, 6) is -0.549. The van der Waals surface area contributed by atoms with Crippen LogP contribution in [0.4, 0.5) is 0 Å². The van der Waals surface area contributed by atoms with Crippen LogP contribution in [-0.4, -0.2) is 46.3 Å². The quantitative estimate of drug-likeness (QED) is 0.749. The van der Waals surface area contributed by atoms with Crippen molar-refractivity contribution in [1.82, 2.24) is 14.7 Å². The summed E-state index contributed by atoms with van der Waals surface area (Å²) in [6.07, 6.45) is 0.844. The van der Waals surface area contributed by atoms with Gasteiger partial charge < -0.3 is 9.64 Å². The minimum absolute atomic E-state index is 0.0713. The molecule has 0 spiro atoms. The Hall–Kier alpha value is -1.85. The van der Waals surface area contributed by atoms with Crippen molar-refractivity contribution in [3.8, 4) is 0 Å². The Balaban J connectivity index is 2.30. The summed E-state index contributed by atoms with van der Waals surface area (Å²) in [5.41, 5.74) is 0.676. The van der Waals surface area contributed by atoms with Crippen molar-refractivity contribution in [3.63, 3.8) is 0 Å². The van der Waals surface area contributed by atoms with E-state index in [9.17, 15) is 9.59 Å². The van der Waals surface area contributed by atoms with Gasteiger partial charge in [-0.25, -0.2) is 4.79 Å². The van der Waals surface area contributed by atoms with Crippen LogP contribution < -0.4 is 0 Å². The second kappa shape index (κ2) is 5.20. The van der Waals surface area contributed by atoms with E-state index in [0.29, 0.717) is 25.4 Å². The van der Waals surface area contributed by atoms with Gasteiger partial charge in [-0.05, 0) is 20.3 Å². The van der Waals surface area contributed by atoms with Gasteiger partial charge >= 0.3 is 5.97 Å². The summed E-state index contributed by atoms with van der Waals surface area (Å²) in [7, 11) is 0. The lowest BCUT2D eigenvalue weighted by Crippen LogP contribution is -2.30. The summed E-state index contributed by atoms with van der Waals surface area (Å²) < 4.78 is 6.49. The predicted molar refractivity (Wildman–Crippen MR) is 64.4 cm³/mol. The molecule has 1 aromatic heterocycles. The van der Waals surface area contributed by atoms with Crippen molar-refractivity contribution in [1.29, 1.82) is 0 Å². The minimum Gasteiger partial charge on any atom is -0.461 e. The maximum atomic E-state index is 12.2. The van der Waals surface area contributed by atoms with E-state index in [4.69, 9.17) is 4.74 Å². The molecule has 1 aromatic rings. The molecule has 0 aromatic carbocycles. The van der Waals surface area contributed by atoms with Gasteiger partial charge in [0.15, 0.2) is 5.69 Å². The van der Waals surface area contributed by atoms with Gasteiger partial charge in [0, 0.05) is 25.7 Å². The average molecular weight is 251 g/mol. The number of nitrogens with zero attached hydrogens (tertiary/aromatic N) is 3. The van der Waals surface area contributed by atoms with Crippen LogP contribution in [0, 0.1) is 0 Å².